The molecule has 0 spiro atoms. The first-order chi connectivity index (χ1) is 18.7. The summed E-state index contributed by atoms with van der Waals surface area (Å²) >= 11 is 5.65. The highest BCUT2D eigenvalue weighted by molar-refractivity contribution is 6.31. The van der Waals surface area contributed by atoms with E-state index in [0.29, 0.717) is 24.5 Å². The van der Waals surface area contributed by atoms with Crippen LogP contribution in [0.5, 0.6) is 11.5 Å². The number of pyridine rings is 1. The topological polar surface area (TPSA) is 71.5 Å². The normalized spacial score (nSPS) is 13.8. The number of nitrogens with one attached hydrogen (secondary N) is 1. The number of benzene rings is 2. The molecule has 1 saturated heterocycles. The Morgan fingerprint density at radius 1 is 0.974 bits per heavy atom. The van der Waals surface area contributed by atoms with Gasteiger partial charge in [0.05, 0.1) is 10.6 Å². The van der Waals surface area contributed by atoms with Gasteiger partial charge in [-0.2, -0.15) is 13.2 Å². The van der Waals surface area contributed by atoms with Crippen LogP contribution in [0.15, 0.2) is 60.8 Å². The number of alkyl halides is 3. The molecule has 1 amide bonds. The molecule has 3 aromatic rings. The van der Waals surface area contributed by atoms with Gasteiger partial charge in [-0.15, -0.1) is 0 Å². The van der Waals surface area contributed by atoms with Crippen molar-refractivity contribution in [1.82, 2.24) is 15.2 Å². The second-order valence-corrected chi connectivity index (χ2v) is 9.86. The quantitative estimate of drug-likeness (QED) is 0.307. The molecule has 39 heavy (non-hydrogen) atoms. The standard InChI is InChI=1S/C29H29ClF3N3O3/c30-26-10-6-21(18-25(26)29(31,32)33)17-22(37)7-3-20-4-8-23(9-5-20)39-24-11-12-34-27(19-24)28(38)35-13-16-36-14-1-2-15-36/h4-6,8-12,18-19H,1-3,7,13-17H2,(H,35,38). The maximum Gasteiger partial charge on any atom is 0.417 e. The van der Waals surface area contributed by atoms with E-state index in [1.54, 1.807) is 24.3 Å². The molecule has 206 valence electrons. The average Bonchev–Trinajstić information content (AvgIpc) is 3.42. The number of hydrogen-bond acceptors (Lipinski definition) is 5. The van der Waals surface area contributed by atoms with Gasteiger partial charge in [-0.05, 0) is 73.8 Å². The van der Waals surface area contributed by atoms with Crippen LogP contribution in [0.1, 0.15) is 46.4 Å². The molecule has 1 fully saturated rings. The summed E-state index contributed by atoms with van der Waals surface area (Å²) in [5, 5.41) is 2.50. The van der Waals surface area contributed by atoms with Crippen LogP contribution in [0.2, 0.25) is 5.02 Å². The molecule has 1 aliphatic heterocycles. The smallest absolute Gasteiger partial charge is 0.417 e. The first-order valence-electron chi connectivity index (χ1n) is 12.8. The van der Waals surface area contributed by atoms with E-state index in [4.69, 9.17) is 16.3 Å². The molecule has 1 aliphatic rings. The van der Waals surface area contributed by atoms with Crippen LogP contribution in [-0.2, 0) is 23.8 Å². The lowest BCUT2D eigenvalue weighted by Crippen LogP contribution is -2.33. The van der Waals surface area contributed by atoms with Crippen molar-refractivity contribution in [2.75, 3.05) is 26.2 Å². The number of likely N-dealkylation sites (tertiary alicyclic amines) is 1. The monoisotopic (exact) mass is 559 g/mol. The number of rotatable bonds is 11. The minimum Gasteiger partial charge on any atom is -0.457 e. The van der Waals surface area contributed by atoms with Gasteiger partial charge < -0.3 is 15.0 Å². The molecule has 10 heteroatoms. The Balaban J connectivity index is 1.25. The Kier molecular flexibility index (Phi) is 9.59. The summed E-state index contributed by atoms with van der Waals surface area (Å²) in [5.41, 5.74) is 0.490. The lowest BCUT2D eigenvalue weighted by atomic mass is 10.0. The van der Waals surface area contributed by atoms with Crippen molar-refractivity contribution in [1.29, 1.82) is 0 Å². The molecule has 0 unspecified atom stereocenters. The molecule has 0 saturated carbocycles. The average molecular weight is 560 g/mol. The van der Waals surface area contributed by atoms with Gasteiger partial charge in [0.15, 0.2) is 0 Å². The predicted octanol–water partition coefficient (Wildman–Crippen LogP) is 6.12. The highest BCUT2D eigenvalue weighted by Crippen LogP contribution is 2.35. The molecule has 1 aromatic heterocycles. The number of nitrogens with zero attached hydrogens (tertiary/aromatic N) is 2. The number of aromatic nitrogens is 1. The number of carbonyl (C=O) groups excluding carboxylic acids is 2. The molecule has 0 radical (unpaired) electrons. The Labute approximate surface area is 230 Å². The van der Waals surface area contributed by atoms with Crippen LogP contribution < -0.4 is 10.1 Å². The summed E-state index contributed by atoms with van der Waals surface area (Å²) in [6.07, 6.45) is -0.126. The number of aryl methyl sites for hydroxylation is 1. The van der Waals surface area contributed by atoms with Gasteiger partial charge >= 0.3 is 6.18 Å². The molecule has 0 aliphatic carbocycles. The van der Waals surface area contributed by atoms with Crippen molar-refractivity contribution < 1.29 is 27.5 Å². The molecule has 2 aromatic carbocycles. The van der Waals surface area contributed by atoms with E-state index in [-0.39, 0.29) is 40.8 Å². The van der Waals surface area contributed by atoms with E-state index in [2.05, 4.69) is 15.2 Å². The van der Waals surface area contributed by atoms with Gasteiger partial charge in [-0.1, -0.05) is 29.8 Å². The molecule has 0 bridgehead atoms. The Morgan fingerprint density at radius 2 is 1.69 bits per heavy atom. The number of Topliss-reactive ketones (excluding diaryl/α,β-unsaturated/α-hetero) is 1. The van der Waals surface area contributed by atoms with Crippen LogP contribution in [0.3, 0.4) is 0 Å². The minimum atomic E-state index is -4.57. The summed E-state index contributed by atoms with van der Waals surface area (Å²) in [6, 6.07) is 13.9. The molecule has 2 heterocycles. The molecule has 6 nitrogen and oxygen atoms in total. The third-order valence-electron chi connectivity index (χ3n) is 6.47. The Bertz CT molecular complexity index is 1290. The van der Waals surface area contributed by atoms with E-state index in [9.17, 15) is 22.8 Å². The molecule has 1 N–H and O–H groups in total. The van der Waals surface area contributed by atoms with Gasteiger partial charge in [0, 0.05) is 38.2 Å². The fourth-order valence-corrected chi connectivity index (χ4v) is 4.61. The van der Waals surface area contributed by atoms with Gasteiger partial charge in [-0.25, -0.2) is 0 Å². The number of carbonyl (C=O) groups is 2. The fraction of sp³-hybridized carbons (Fsp3) is 0.345. The second kappa shape index (κ2) is 13.1. The minimum absolute atomic E-state index is 0.0996. The fourth-order valence-electron chi connectivity index (χ4n) is 4.38. The Hall–Kier alpha value is -3.43. The van der Waals surface area contributed by atoms with Crippen molar-refractivity contribution in [3.8, 4) is 11.5 Å². The van der Waals surface area contributed by atoms with Crippen LogP contribution in [0.25, 0.3) is 0 Å². The summed E-state index contributed by atoms with van der Waals surface area (Å²) in [5.74, 6) is 0.595. The zero-order valence-electron chi connectivity index (χ0n) is 21.3. The predicted molar refractivity (Wildman–Crippen MR) is 142 cm³/mol. The molecular formula is C29H29ClF3N3O3. The number of amides is 1. The van der Waals surface area contributed by atoms with Gasteiger partial charge in [-0.3, -0.25) is 14.6 Å². The maximum atomic E-state index is 13.1. The zero-order valence-corrected chi connectivity index (χ0v) is 22.0. The van der Waals surface area contributed by atoms with Crippen LogP contribution in [0, 0.1) is 0 Å². The summed E-state index contributed by atoms with van der Waals surface area (Å²) in [4.78, 5) is 31.3. The van der Waals surface area contributed by atoms with Crippen molar-refractivity contribution in [3.63, 3.8) is 0 Å². The van der Waals surface area contributed by atoms with Crippen LogP contribution in [-0.4, -0.2) is 47.8 Å². The first-order valence-corrected chi connectivity index (χ1v) is 13.2. The van der Waals surface area contributed by atoms with Gasteiger partial charge in [0.1, 0.15) is 23.0 Å². The summed E-state index contributed by atoms with van der Waals surface area (Å²) < 4.78 is 45.0. The number of ether oxygens (including phenoxy) is 1. The summed E-state index contributed by atoms with van der Waals surface area (Å²) in [7, 11) is 0. The summed E-state index contributed by atoms with van der Waals surface area (Å²) in [6.45, 7) is 3.52. The third kappa shape index (κ3) is 8.53. The highest BCUT2D eigenvalue weighted by Gasteiger charge is 2.33. The maximum absolute atomic E-state index is 13.1. The zero-order chi connectivity index (χ0) is 27.8. The van der Waals surface area contributed by atoms with Crippen molar-refractivity contribution in [2.45, 2.75) is 38.3 Å². The van der Waals surface area contributed by atoms with Gasteiger partial charge in [0.2, 0.25) is 0 Å². The lowest BCUT2D eigenvalue weighted by molar-refractivity contribution is -0.137. The number of hydrogen-bond donors (Lipinski definition) is 1. The van der Waals surface area contributed by atoms with E-state index in [1.165, 1.54) is 31.2 Å². The third-order valence-corrected chi connectivity index (χ3v) is 6.79. The number of halogens is 4. The SMILES string of the molecule is O=C(CCc1ccc(Oc2ccnc(C(=O)NCCN3CCCC3)c2)cc1)Cc1ccc(Cl)c(C(F)(F)F)c1. The van der Waals surface area contributed by atoms with E-state index in [1.807, 2.05) is 12.1 Å². The van der Waals surface area contributed by atoms with Crippen LogP contribution in [0.4, 0.5) is 13.2 Å². The van der Waals surface area contributed by atoms with Crippen LogP contribution >= 0.6 is 11.6 Å². The van der Waals surface area contributed by atoms with Crippen molar-refractivity contribution >= 4 is 23.3 Å². The molecular weight excluding hydrogens is 531 g/mol. The largest absolute Gasteiger partial charge is 0.457 e. The highest BCUT2D eigenvalue weighted by atomic mass is 35.5. The number of ketones is 1. The lowest BCUT2D eigenvalue weighted by Gasteiger charge is -2.14. The molecule has 4 rings (SSSR count). The molecule has 0 atom stereocenters. The second-order valence-electron chi connectivity index (χ2n) is 9.45. The van der Waals surface area contributed by atoms with Crippen molar-refractivity contribution in [3.05, 3.63) is 88.2 Å². The first kappa shape index (κ1) is 28.6. The van der Waals surface area contributed by atoms with Crippen molar-refractivity contribution in [2.24, 2.45) is 0 Å². The van der Waals surface area contributed by atoms with E-state index >= 15 is 0 Å². The Morgan fingerprint density at radius 3 is 2.41 bits per heavy atom. The van der Waals surface area contributed by atoms with E-state index < -0.39 is 11.7 Å². The van der Waals surface area contributed by atoms with Gasteiger partial charge in [0.25, 0.3) is 5.91 Å². The van der Waals surface area contributed by atoms with E-state index in [0.717, 1.165) is 31.3 Å².